The lowest BCUT2D eigenvalue weighted by Crippen LogP contribution is -2.38. The fourth-order valence-corrected chi connectivity index (χ4v) is 12.8. The van der Waals surface area contributed by atoms with Gasteiger partial charge in [0, 0.05) is 21.7 Å². The Hall–Kier alpha value is -1.22. The van der Waals surface area contributed by atoms with E-state index < -0.39 is 32.1 Å². The number of hydrogen-bond donors (Lipinski definition) is 1. The van der Waals surface area contributed by atoms with Gasteiger partial charge in [-0.3, -0.25) is 0 Å². The SMILES string of the molecule is C[Si](C)(C)CC(C[Si](C)(C)C)S(=O)(=O)c1ccccc1C(O)c1ccccc1. The second-order valence-electron chi connectivity index (χ2n) is 10.0. The number of aliphatic hydroxyl groups excluding tert-OH is 1. The van der Waals surface area contributed by atoms with Crippen LogP contribution in [0.3, 0.4) is 0 Å². The Morgan fingerprint density at radius 1 is 0.786 bits per heavy atom. The highest BCUT2D eigenvalue weighted by atomic mass is 32.2. The molecule has 0 aliphatic rings. The van der Waals surface area contributed by atoms with Gasteiger partial charge in [-0.15, -0.1) is 0 Å². The van der Waals surface area contributed by atoms with Crippen molar-refractivity contribution in [3.63, 3.8) is 0 Å². The molecule has 0 amide bonds. The second kappa shape index (κ2) is 8.65. The second-order valence-corrected chi connectivity index (χ2v) is 23.3. The van der Waals surface area contributed by atoms with Crippen molar-refractivity contribution >= 4 is 26.0 Å². The molecule has 0 saturated carbocycles. The quantitative estimate of drug-likeness (QED) is 0.551. The molecule has 2 rings (SSSR count). The topological polar surface area (TPSA) is 54.4 Å². The van der Waals surface area contributed by atoms with E-state index in [0.717, 1.165) is 12.1 Å². The van der Waals surface area contributed by atoms with E-state index in [1.165, 1.54) is 0 Å². The molecule has 0 heterocycles. The summed E-state index contributed by atoms with van der Waals surface area (Å²) in [5.74, 6) is 0. The lowest BCUT2D eigenvalue weighted by molar-refractivity contribution is 0.217. The predicted molar refractivity (Wildman–Crippen MR) is 124 cm³/mol. The lowest BCUT2D eigenvalue weighted by Gasteiger charge is -2.30. The van der Waals surface area contributed by atoms with E-state index in [-0.39, 0.29) is 10.1 Å². The van der Waals surface area contributed by atoms with Crippen LogP contribution in [0.2, 0.25) is 51.4 Å². The molecule has 0 spiro atoms. The molecule has 6 heteroatoms. The van der Waals surface area contributed by atoms with E-state index in [4.69, 9.17) is 0 Å². The molecule has 0 aliphatic carbocycles. The van der Waals surface area contributed by atoms with Crippen molar-refractivity contribution < 1.29 is 13.5 Å². The highest BCUT2D eigenvalue weighted by molar-refractivity contribution is 7.92. The Balaban J connectivity index is 2.54. The Kier molecular flexibility index (Phi) is 7.13. The molecule has 1 unspecified atom stereocenters. The fourth-order valence-electron chi connectivity index (χ4n) is 3.62. The summed E-state index contributed by atoms with van der Waals surface area (Å²) in [7, 11) is -6.72. The van der Waals surface area contributed by atoms with E-state index >= 15 is 0 Å². The monoisotopic (exact) mass is 434 g/mol. The first-order valence-corrected chi connectivity index (χ1v) is 18.8. The third-order valence-electron chi connectivity index (χ3n) is 4.75. The normalized spacial score (nSPS) is 14.3. The Morgan fingerprint density at radius 2 is 1.25 bits per heavy atom. The van der Waals surface area contributed by atoms with Gasteiger partial charge in [0.1, 0.15) is 6.10 Å². The summed E-state index contributed by atoms with van der Waals surface area (Å²) < 4.78 is 27.6. The summed E-state index contributed by atoms with van der Waals surface area (Å²) in [4.78, 5) is 0.285. The first-order valence-electron chi connectivity index (χ1n) is 9.87. The molecule has 28 heavy (non-hydrogen) atoms. The molecule has 0 bridgehead atoms. The summed E-state index contributed by atoms with van der Waals surface area (Å²) in [6.45, 7) is 13.4. The minimum atomic E-state index is -3.54. The zero-order chi connectivity index (χ0) is 21.2. The molecule has 1 N–H and O–H groups in total. The molecule has 2 aromatic carbocycles. The number of sulfone groups is 1. The lowest BCUT2D eigenvalue weighted by atomic mass is 10.0. The zero-order valence-electron chi connectivity index (χ0n) is 17.9. The third kappa shape index (κ3) is 6.14. The zero-order valence-corrected chi connectivity index (χ0v) is 20.8. The van der Waals surface area contributed by atoms with Crippen molar-refractivity contribution in [2.45, 2.75) is 67.6 Å². The molecule has 0 fully saturated rings. The average molecular weight is 435 g/mol. The van der Waals surface area contributed by atoms with Crippen LogP contribution in [0, 0.1) is 0 Å². The van der Waals surface area contributed by atoms with E-state index in [1.807, 2.05) is 30.3 Å². The smallest absolute Gasteiger partial charge is 0.181 e. The molecule has 154 valence electrons. The van der Waals surface area contributed by atoms with Gasteiger partial charge in [0.05, 0.1) is 10.1 Å². The molecular formula is C22H34O3SSi2. The van der Waals surface area contributed by atoms with Crippen LogP contribution < -0.4 is 0 Å². The van der Waals surface area contributed by atoms with Crippen molar-refractivity contribution in [1.82, 2.24) is 0 Å². The van der Waals surface area contributed by atoms with Gasteiger partial charge in [-0.1, -0.05) is 87.8 Å². The van der Waals surface area contributed by atoms with Crippen LogP contribution in [0.15, 0.2) is 59.5 Å². The van der Waals surface area contributed by atoms with Gasteiger partial charge >= 0.3 is 0 Å². The Labute approximate surface area is 172 Å². The molecule has 2 aromatic rings. The van der Waals surface area contributed by atoms with Gasteiger partial charge in [0.15, 0.2) is 9.84 Å². The number of hydrogen-bond acceptors (Lipinski definition) is 3. The van der Waals surface area contributed by atoms with Crippen molar-refractivity contribution in [3.8, 4) is 0 Å². The van der Waals surface area contributed by atoms with E-state index in [2.05, 4.69) is 39.3 Å². The van der Waals surface area contributed by atoms with Crippen LogP contribution in [0.5, 0.6) is 0 Å². The number of aliphatic hydroxyl groups is 1. The Morgan fingerprint density at radius 3 is 1.75 bits per heavy atom. The van der Waals surface area contributed by atoms with Gasteiger partial charge in [0.25, 0.3) is 0 Å². The van der Waals surface area contributed by atoms with Crippen LogP contribution in [0.4, 0.5) is 0 Å². The number of rotatable bonds is 8. The Bertz CT molecular complexity index is 866. The molecule has 0 aliphatic heterocycles. The van der Waals surface area contributed by atoms with Gasteiger partial charge in [0.2, 0.25) is 0 Å². The predicted octanol–water partition coefficient (Wildman–Crippen LogP) is 5.59. The van der Waals surface area contributed by atoms with Crippen molar-refractivity contribution in [2.24, 2.45) is 0 Å². The molecule has 0 saturated heterocycles. The van der Waals surface area contributed by atoms with Crippen LogP contribution in [-0.2, 0) is 9.84 Å². The van der Waals surface area contributed by atoms with Crippen molar-refractivity contribution in [3.05, 3.63) is 65.7 Å². The minimum Gasteiger partial charge on any atom is -0.384 e. The summed E-state index contributed by atoms with van der Waals surface area (Å²) in [5, 5.41) is 10.6. The highest BCUT2D eigenvalue weighted by Crippen LogP contribution is 2.35. The van der Waals surface area contributed by atoms with Crippen LogP contribution in [0.1, 0.15) is 17.2 Å². The van der Waals surface area contributed by atoms with Gasteiger partial charge in [-0.2, -0.15) is 0 Å². The fraction of sp³-hybridized carbons (Fsp3) is 0.455. The maximum atomic E-state index is 13.8. The van der Waals surface area contributed by atoms with Crippen molar-refractivity contribution in [2.75, 3.05) is 0 Å². The van der Waals surface area contributed by atoms with Crippen molar-refractivity contribution in [1.29, 1.82) is 0 Å². The first kappa shape index (κ1) is 23.1. The summed E-state index contributed by atoms with van der Waals surface area (Å²) in [6, 6.07) is 17.7. The van der Waals surface area contributed by atoms with Gasteiger partial charge < -0.3 is 5.11 Å². The third-order valence-corrected chi connectivity index (χ3v) is 11.0. The molecule has 3 nitrogen and oxygen atoms in total. The number of benzene rings is 2. The maximum absolute atomic E-state index is 13.8. The minimum absolute atomic E-state index is 0.285. The van der Waals surface area contributed by atoms with Gasteiger partial charge in [-0.05, 0) is 23.7 Å². The standard InChI is InChI=1S/C22H34O3SSi2/c1-27(2,3)16-19(17-28(4,5)6)26(24,25)21-15-11-10-14-20(21)22(23)18-12-8-7-9-13-18/h7-15,19,22-23H,16-17H2,1-6H3. The summed E-state index contributed by atoms with van der Waals surface area (Å²) in [5.41, 5.74) is 1.18. The average Bonchev–Trinajstić information content (AvgIpc) is 2.59. The van der Waals surface area contributed by atoms with Crippen LogP contribution >= 0.6 is 0 Å². The summed E-state index contributed by atoms with van der Waals surface area (Å²) in [6.07, 6.45) is -0.952. The van der Waals surface area contributed by atoms with Crippen LogP contribution in [0.25, 0.3) is 0 Å². The molecule has 0 radical (unpaired) electrons. The van der Waals surface area contributed by atoms with E-state index in [0.29, 0.717) is 11.1 Å². The van der Waals surface area contributed by atoms with Crippen LogP contribution in [-0.4, -0.2) is 34.9 Å². The first-order chi connectivity index (χ1) is 12.8. The highest BCUT2D eigenvalue weighted by Gasteiger charge is 2.37. The largest absolute Gasteiger partial charge is 0.384 e. The molecule has 1 atom stereocenters. The molecule has 0 aromatic heterocycles. The van der Waals surface area contributed by atoms with E-state index in [9.17, 15) is 13.5 Å². The maximum Gasteiger partial charge on any atom is 0.181 e. The molecular weight excluding hydrogens is 400 g/mol. The summed E-state index contributed by atoms with van der Waals surface area (Å²) >= 11 is 0. The van der Waals surface area contributed by atoms with Gasteiger partial charge in [-0.25, -0.2) is 8.42 Å². The van der Waals surface area contributed by atoms with E-state index in [1.54, 1.807) is 24.3 Å².